The van der Waals surface area contributed by atoms with Gasteiger partial charge in [-0.05, 0) is 48.2 Å². The van der Waals surface area contributed by atoms with E-state index in [2.05, 4.69) is 0 Å². The van der Waals surface area contributed by atoms with Gasteiger partial charge in [-0.2, -0.15) is 13.2 Å². The number of hydrogen-bond acceptors (Lipinski definition) is 3. The van der Waals surface area contributed by atoms with Gasteiger partial charge in [-0.15, -0.1) is 0 Å². The molecule has 0 spiro atoms. The van der Waals surface area contributed by atoms with Crippen molar-refractivity contribution in [1.29, 1.82) is 0 Å². The first-order valence-electron chi connectivity index (χ1n) is 9.69. The summed E-state index contributed by atoms with van der Waals surface area (Å²) >= 11 is 5.92. The second kappa shape index (κ2) is 8.41. The molecule has 1 atom stereocenters. The molecule has 0 bridgehead atoms. The number of nitrogens with zero attached hydrogens (tertiary/aromatic N) is 1. The normalized spacial score (nSPS) is 14.4. The van der Waals surface area contributed by atoms with Crippen LogP contribution in [0, 0.1) is 5.82 Å². The minimum Gasteiger partial charge on any atom is -0.496 e. The zero-order chi connectivity index (χ0) is 23.9. The lowest BCUT2D eigenvalue weighted by molar-refractivity contribution is -0.271. The van der Waals surface area contributed by atoms with E-state index in [1.54, 1.807) is 0 Å². The van der Waals surface area contributed by atoms with Gasteiger partial charge in [-0.25, -0.2) is 4.39 Å². The summed E-state index contributed by atoms with van der Waals surface area (Å²) in [6, 6.07) is 8.95. The number of fused-ring (bicyclic) bond motifs is 1. The van der Waals surface area contributed by atoms with Crippen LogP contribution >= 0.6 is 11.6 Å². The van der Waals surface area contributed by atoms with E-state index in [0.717, 1.165) is 18.2 Å². The predicted octanol–water partition coefficient (Wildman–Crippen LogP) is 5.46. The summed E-state index contributed by atoms with van der Waals surface area (Å²) in [6.07, 6.45) is -4.61. The zero-order valence-corrected chi connectivity index (χ0v) is 18.4. The first-order chi connectivity index (χ1) is 14.8. The van der Waals surface area contributed by atoms with Gasteiger partial charge in [0.25, 0.3) is 0 Å². The Morgan fingerprint density at radius 2 is 1.78 bits per heavy atom. The number of benzene rings is 2. The van der Waals surface area contributed by atoms with Crippen molar-refractivity contribution in [2.45, 2.75) is 44.0 Å². The lowest BCUT2D eigenvalue weighted by atomic mass is 9.74. The number of hydrogen-bond donors (Lipinski definition) is 1. The van der Waals surface area contributed by atoms with E-state index in [4.69, 9.17) is 16.3 Å². The molecule has 0 aliphatic rings. The van der Waals surface area contributed by atoms with Crippen LogP contribution in [-0.4, -0.2) is 28.6 Å². The number of rotatable bonds is 6. The molecule has 32 heavy (non-hydrogen) atoms. The van der Waals surface area contributed by atoms with E-state index in [0.29, 0.717) is 0 Å². The average Bonchev–Trinajstić information content (AvgIpc) is 2.69. The smallest absolute Gasteiger partial charge is 0.418 e. The van der Waals surface area contributed by atoms with E-state index in [9.17, 15) is 27.5 Å². The fraction of sp³-hybridized carbons (Fsp3) is 0.348. The monoisotopic (exact) mass is 471 g/mol. The summed E-state index contributed by atoms with van der Waals surface area (Å²) in [5, 5.41) is 11.3. The van der Waals surface area contributed by atoms with Crippen LogP contribution in [0.5, 0.6) is 5.75 Å². The molecule has 4 nitrogen and oxygen atoms in total. The minimum atomic E-state index is -5.02. The number of ether oxygens (including phenoxy) is 1. The van der Waals surface area contributed by atoms with Crippen LogP contribution in [-0.2, 0) is 12.0 Å². The molecule has 0 aliphatic heterocycles. The number of aliphatic hydroxyl groups is 1. The Kier molecular flexibility index (Phi) is 6.32. The summed E-state index contributed by atoms with van der Waals surface area (Å²) in [6.45, 7) is 2.07. The minimum absolute atomic E-state index is 0.135. The Bertz CT molecular complexity index is 1210. The van der Waals surface area contributed by atoms with Crippen molar-refractivity contribution in [2.75, 3.05) is 7.11 Å². The van der Waals surface area contributed by atoms with Gasteiger partial charge in [0.15, 0.2) is 11.0 Å². The van der Waals surface area contributed by atoms with Crippen LogP contribution < -0.4 is 10.2 Å². The van der Waals surface area contributed by atoms with Crippen LogP contribution in [0.4, 0.5) is 17.6 Å². The molecule has 0 amide bonds. The molecule has 0 fully saturated rings. The van der Waals surface area contributed by atoms with Gasteiger partial charge in [0.2, 0.25) is 0 Å². The van der Waals surface area contributed by atoms with Crippen LogP contribution in [0.1, 0.15) is 25.8 Å². The van der Waals surface area contributed by atoms with Crippen molar-refractivity contribution in [1.82, 2.24) is 4.57 Å². The zero-order valence-electron chi connectivity index (χ0n) is 17.6. The molecule has 0 saturated heterocycles. The van der Waals surface area contributed by atoms with E-state index in [1.165, 1.54) is 56.0 Å². The third-order valence-corrected chi connectivity index (χ3v) is 5.76. The molecule has 3 aromatic rings. The second-order valence-electron chi connectivity index (χ2n) is 8.40. The molecule has 2 aromatic carbocycles. The Morgan fingerprint density at radius 1 is 1.09 bits per heavy atom. The number of alkyl halides is 3. The third-order valence-electron chi connectivity index (χ3n) is 5.52. The predicted molar refractivity (Wildman–Crippen MR) is 115 cm³/mol. The maximum absolute atomic E-state index is 14.2. The van der Waals surface area contributed by atoms with Crippen LogP contribution in [0.3, 0.4) is 0 Å². The van der Waals surface area contributed by atoms with E-state index >= 15 is 0 Å². The lowest BCUT2D eigenvalue weighted by Crippen LogP contribution is -2.52. The molecule has 1 N–H and O–H groups in total. The summed E-state index contributed by atoms with van der Waals surface area (Å²) in [7, 11) is 1.33. The molecule has 1 unspecified atom stereocenters. The first kappa shape index (κ1) is 24.1. The third kappa shape index (κ3) is 4.61. The second-order valence-corrected chi connectivity index (χ2v) is 8.84. The fourth-order valence-electron chi connectivity index (χ4n) is 3.98. The molecule has 1 heterocycles. The van der Waals surface area contributed by atoms with Gasteiger partial charge in [-0.3, -0.25) is 4.79 Å². The Morgan fingerprint density at radius 3 is 2.41 bits per heavy atom. The molecular weight excluding hydrogens is 450 g/mol. The van der Waals surface area contributed by atoms with Gasteiger partial charge >= 0.3 is 6.18 Å². The van der Waals surface area contributed by atoms with Crippen molar-refractivity contribution in [3.05, 3.63) is 75.3 Å². The van der Waals surface area contributed by atoms with Crippen molar-refractivity contribution < 1.29 is 27.4 Å². The van der Waals surface area contributed by atoms with Crippen molar-refractivity contribution >= 4 is 22.5 Å². The van der Waals surface area contributed by atoms with E-state index in [1.807, 2.05) is 0 Å². The number of methoxy groups -OCH3 is 1. The number of halogens is 5. The van der Waals surface area contributed by atoms with Crippen LogP contribution in [0.15, 0.2) is 53.5 Å². The Balaban J connectivity index is 2.09. The van der Waals surface area contributed by atoms with E-state index < -0.39 is 41.4 Å². The quantitative estimate of drug-likeness (QED) is 0.485. The topological polar surface area (TPSA) is 51.5 Å². The molecule has 9 heteroatoms. The molecule has 0 radical (unpaired) electrons. The fourth-order valence-corrected chi connectivity index (χ4v) is 4.16. The van der Waals surface area contributed by atoms with E-state index in [-0.39, 0.29) is 27.2 Å². The summed E-state index contributed by atoms with van der Waals surface area (Å²) < 4.78 is 62.8. The van der Waals surface area contributed by atoms with Gasteiger partial charge in [0.05, 0.1) is 19.2 Å². The largest absolute Gasteiger partial charge is 0.496 e. The number of aromatic nitrogens is 1. The van der Waals surface area contributed by atoms with Crippen molar-refractivity contribution in [3.8, 4) is 5.75 Å². The van der Waals surface area contributed by atoms with Crippen molar-refractivity contribution in [3.63, 3.8) is 0 Å². The highest BCUT2D eigenvalue weighted by Gasteiger charge is 2.56. The first-order valence-corrected chi connectivity index (χ1v) is 10.1. The highest BCUT2D eigenvalue weighted by atomic mass is 35.5. The highest BCUT2D eigenvalue weighted by Crippen LogP contribution is 2.44. The highest BCUT2D eigenvalue weighted by molar-refractivity contribution is 6.31. The molecule has 172 valence electrons. The summed E-state index contributed by atoms with van der Waals surface area (Å²) in [4.78, 5) is 12.2. The van der Waals surface area contributed by atoms with Crippen LogP contribution in [0.2, 0.25) is 5.02 Å². The number of pyridine rings is 1. The Hall–Kier alpha value is -2.58. The molecule has 1 aromatic heterocycles. The molecule has 3 rings (SSSR count). The van der Waals surface area contributed by atoms with Crippen LogP contribution in [0.25, 0.3) is 10.9 Å². The molecule has 0 aliphatic carbocycles. The summed E-state index contributed by atoms with van der Waals surface area (Å²) in [5.41, 5.74) is -4.53. The average molecular weight is 472 g/mol. The maximum Gasteiger partial charge on any atom is 0.418 e. The lowest BCUT2D eigenvalue weighted by Gasteiger charge is -2.39. The van der Waals surface area contributed by atoms with Gasteiger partial charge < -0.3 is 14.4 Å². The van der Waals surface area contributed by atoms with Gasteiger partial charge in [0, 0.05) is 28.2 Å². The maximum atomic E-state index is 14.2. The Labute approximate surface area is 187 Å². The molecule has 0 saturated carbocycles. The standard InChI is InChI=1S/C23H22ClF4NO3/c1-21(2,17-11-15(25)5-7-20(17)32-3)12-22(31,23(26,27)28)13-29-9-8-19(30)16-10-14(24)4-6-18(16)29/h4-11,31H,12-13H2,1-3H3. The van der Waals surface area contributed by atoms with Gasteiger partial charge in [0.1, 0.15) is 11.6 Å². The van der Waals surface area contributed by atoms with Gasteiger partial charge in [-0.1, -0.05) is 25.4 Å². The SMILES string of the molecule is COc1ccc(F)cc1C(C)(C)CC(O)(Cn1ccc(=O)c2cc(Cl)ccc21)C(F)(F)F. The summed E-state index contributed by atoms with van der Waals surface area (Å²) in [5.74, 6) is -0.419. The van der Waals surface area contributed by atoms with Crippen molar-refractivity contribution in [2.24, 2.45) is 0 Å². The molecular formula is C23H22ClF4NO3.